The van der Waals surface area contributed by atoms with Crippen molar-refractivity contribution in [1.29, 1.82) is 0 Å². The van der Waals surface area contributed by atoms with E-state index in [1.54, 1.807) is 18.2 Å². The Morgan fingerprint density at radius 3 is 1.89 bits per heavy atom. The number of hydrogen-bond donors (Lipinski definition) is 1. The number of benzene rings is 1. The zero-order chi connectivity index (χ0) is 11.8. The normalized spacial score (nSPS) is 10.0. The number of phenolic OH excluding ortho intramolecular Hbond substituents is 1. The van der Waals surface area contributed by atoms with Crippen LogP contribution in [0.5, 0.6) is 17.2 Å². The van der Waals surface area contributed by atoms with Crippen molar-refractivity contribution in [2.75, 3.05) is 14.2 Å². The third-order valence-electron chi connectivity index (χ3n) is 1.99. The van der Waals surface area contributed by atoms with Crippen molar-refractivity contribution in [1.82, 2.24) is 0 Å². The summed E-state index contributed by atoms with van der Waals surface area (Å²) in [6, 6.07) is 5.08. The molecule has 1 radical (unpaired) electrons. The molecular weight excluding hydrogens is 323 g/mol. The van der Waals surface area contributed by atoms with Crippen LogP contribution in [-0.2, 0) is 21.7 Å². The number of aromatic hydroxyl groups is 1. The quantitative estimate of drug-likeness (QED) is 0.454. The van der Waals surface area contributed by atoms with Crippen LogP contribution >= 0.6 is 0 Å². The molecule has 1 aromatic rings. The van der Waals surface area contributed by atoms with Crippen LogP contribution in [0, 0.1) is 6.08 Å². The van der Waals surface area contributed by atoms with E-state index in [1.807, 2.05) is 12.2 Å². The second-order valence-electron chi connectivity index (χ2n) is 3.01. The molecule has 0 aliphatic heterocycles. The van der Waals surface area contributed by atoms with Crippen LogP contribution in [0.15, 0.2) is 36.4 Å². The summed E-state index contributed by atoms with van der Waals surface area (Å²) in [4.78, 5) is 0. The van der Waals surface area contributed by atoms with Gasteiger partial charge in [-0.05, 0) is 12.1 Å². The second kappa shape index (κ2) is 13.8. The van der Waals surface area contributed by atoms with Crippen LogP contribution in [0.2, 0.25) is 0 Å². The van der Waals surface area contributed by atoms with Crippen molar-refractivity contribution in [2.24, 2.45) is 0 Å². The molecule has 0 heterocycles. The minimum atomic E-state index is 0. The van der Waals surface area contributed by atoms with E-state index in [-0.39, 0.29) is 52.3 Å². The average molecular weight is 338 g/mol. The zero-order valence-corrected chi connectivity index (χ0v) is 13.8. The van der Waals surface area contributed by atoms with Gasteiger partial charge in [-0.25, -0.2) is 12.2 Å². The Labute approximate surface area is 141 Å². The van der Waals surface area contributed by atoms with Crippen LogP contribution in [0.25, 0.3) is 0 Å². The first kappa shape index (κ1) is 23.5. The summed E-state index contributed by atoms with van der Waals surface area (Å²) in [6.45, 7) is 0. The van der Waals surface area contributed by atoms with Crippen LogP contribution in [0.4, 0.5) is 0 Å². The number of para-hydroxylation sites is 1. The van der Waals surface area contributed by atoms with E-state index in [0.717, 1.165) is 6.42 Å². The van der Waals surface area contributed by atoms with Crippen molar-refractivity contribution in [3.63, 3.8) is 0 Å². The molecule has 0 bridgehead atoms. The van der Waals surface area contributed by atoms with Crippen molar-refractivity contribution in [2.45, 2.75) is 6.42 Å². The van der Waals surface area contributed by atoms with Gasteiger partial charge in [0.05, 0.1) is 14.2 Å². The Kier molecular flexibility index (Phi) is 17.1. The van der Waals surface area contributed by atoms with Crippen molar-refractivity contribution < 1.29 is 61.1 Å². The Balaban J connectivity index is -0.000000277. The molecule has 0 fully saturated rings. The number of rotatable bonds is 2. The molecule has 0 atom stereocenters. The molecule has 6 heteroatoms. The Morgan fingerprint density at radius 2 is 1.63 bits per heavy atom. The van der Waals surface area contributed by atoms with Gasteiger partial charge in [-0.2, -0.15) is 6.08 Å². The number of phenols is 1. The maximum Gasteiger partial charge on any atom is 3.00 e. The average Bonchev–Trinajstić information content (AvgIpc) is 2.88. The van der Waals surface area contributed by atoms with Crippen molar-refractivity contribution in [3.05, 3.63) is 42.5 Å². The van der Waals surface area contributed by atoms with Gasteiger partial charge in [-0.1, -0.05) is 6.07 Å². The van der Waals surface area contributed by atoms with Crippen molar-refractivity contribution in [3.8, 4) is 17.2 Å². The number of allylic oxidation sites excluding steroid dienone is 4. The molecule has 1 aromatic carbocycles. The molecule has 2 rings (SSSR count). The Bertz CT molecular complexity index is 363. The SMILES string of the molecule is COc1cccc(OC)c1O.[C-]1=CC=CC1.[Cl-].[Cl-].[Ti+3]. The number of hydrogen-bond acceptors (Lipinski definition) is 3. The standard InChI is InChI=1S/C8H10O3.C5H5.2ClH.Ti/c1-10-6-4-3-5-7(11-2)8(6)9;1-2-4-5-3-1;;;/h3-5,9H,1-2H3;1-3H,4H2;2*1H;/q;-1;;;+3/p-2. The second-order valence-corrected chi connectivity index (χ2v) is 3.01. The van der Waals surface area contributed by atoms with E-state index in [2.05, 4.69) is 12.2 Å². The molecule has 0 aromatic heterocycles. The molecule has 0 saturated heterocycles. The topological polar surface area (TPSA) is 38.7 Å². The van der Waals surface area contributed by atoms with Gasteiger partial charge < -0.3 is 39.4 Å². The molecule has 1 aliphatic carbocycles. The Hall–Kier alpha value is -0.606. The predicted octanol–water partition coefficient (Wildman–Crippen LogP) is -3.28. The molecule has 1 aliphatic rings. The van der Waals surface area contributed by atoms with E-state index in [4.69, 9.17) is 9.47 Å². The molecule has 19 heavy (non-hydrogen) atoms. The Morgan fingerprint density at radius 1 is 1.11 bits per heavy atom. The van der Waals surface area contributed by atoms with Crippen LogP contribution < -0.4 is 34.3 Å². The van der Waals surface area contributed by atoms with E-state index in [1.165, 1.54) is 14.2 Å². The van der Waals surface area contributed by atoms with E-state index in [0.29, 0.717) is 11.5 Å². The monoisotopic (exact) mass is 337 g/mol. The van der Waals surface area contributed by atoms with Gasteiger partial charge in [0.15, 0.2) is 11.5 Å². The molecule has 0 unspecified atom stereocenters. The van der Waals surface area contributed by atoms with Gasteiger partial charge in [-0.3, -0.25) is 6.08 Å². The fraction of sp³-hybridized carbons (Fsp3) is 0.231. The molecule has 1 N–H and O–H groups in total. The first-order valence-electron chi connectivity index (χ1n) is 4.91. The first-order valence-corrected chi connectivity index (χ1v) is 4.91. The largest absolute Gasteiger partial charge is 3.00 e. The van der Waals surface area contributed by atoms with E-state index < -0.39 is 0 Å². The van der Waals surface area contributed by atoms with Gasteiger partial charge in [0.2, 0.25) is 5.75 Å². The summed E-state index contributed by atoms with van der Waals surface area (Å²) in [5.74, 6) is 0.881. The summed E-state index contributed by atoms with van der Waals surface area (Å²) < 4.78 is 9.71. The maximum atomic E-state index is 9.34. The van der Waals surface area contributed by atoms with E-state index in [9.17, 15) is 5.11 Å². The fourth-order valence-corrected chi connectivity index (χ4v) is 1.17. The summed E-state index contributed by atoms with van der Waals surface area (Å²) in [7, 11) is 2.99. The number of halogens is 2. The summed E-state index contributed by atoms with van der Waals surface area (Å²) >= 11 is 0. The van der Waals surface area contributed by atoms with Crippen LogP contribution in [0.1, 0.15) is 6.42 Å². The van der Waals surface area contributed by atoms with Crippen LogP contribution in [0.3, 0.4) is 0 Å². The number of methoxy groups -OCH3 is 2. The predicted molar refractivity (Wildman–Crippen MR) is 62.8 cm³/mol. The van der Waals surface area contributed by atoms with Gasteiger partial charge in [0.1, 0.15) is 0 Å². The summed E-state index contributed by atoms with van der Waals surface area (Å²) in [5.41, 5.74) is 0. The summed E-state index contributed by atoms with van der Waals surface area (Å²) in [6.07, 6.45) is 10.0. The smallest absolute Gasteiger partial charge is 1.00 e. The summed E-state index contributed by atoms with van der Waals surface area (Å²) in [5, 5.41) is 9.34. The first-order chi connectivity index (χ1) is 7.79. The van der Waals surface area contributed by atoms with Gasteiger partial charge >= 0.3 is 21.7 Å². The maximum absolute atomic E-state index is 9.34. The molecule has 0 amide bonds. The molecule has 3 nitrogen and oxygen atoms in total. The minimum absolute atomic E-state index is 0. The van der Waals surface area contributed by atoms with E-state index >= 15 is 0 Å². The fourth-order valence-electron chi connectivity index (χ4n) is 1.17. The number of ether oxygens (including phenoxy) is 2. The minimum Gasteiger partial charge on any atom is -1.00 e. The molecule has 0 spiro atoms. The van der Waals surface area contributed by atoms with Gasteiger partial charge in [-0.15, -0.1) is 6.42 Å². The molecule has 103 valence electrons. The van der Waals surface area contributed by atoms with Gasteiger partial charge in [0, 0.05) is 0 Å². The molecule has 0 saturated carbocycles. The van der Waals surface area contributed by atoms with Crippen LogP contribution in [-0.4, -0.2) is 19.3 Å². The third kappa shape index (κ3) is 8.22. The van der Waals surface area contributed by atoms with Crippen molar-refractivity contribution >= 4 is 0 Å². The van der Waals surface area contributed by atoms with Gasteiger partial charge in [0.25, 0.3) is 0 Å². The molecular formula is C13H15Cl2O3Ti. The third-order valence-corrected chi connectivity index (χ3v) is 1.99. The zero-order valence-electron chi connectivity index (χ0n) is 10.7.